The summed E-state index contributed by atoms with van der Waals surface area (Å²) in [6, 6.07) is 19.7. The molecule has 1 saturated heterocycles. The first-order valence-electron chi connectivity index (χ1n) is 10.9. The van der Waals surface area contributed by atoms with Crippen LogP contribution in [0.3, 0.4) is 0 Å². The molecule has 0 unspecified atom stereocenters. The fourth-order valence-electron chi connectivity index (χ4n) is 3.90. The number of likely N-dealkylation sites (N-methyl/N-ethyl adjacent to an activating group) is 1. The van der Waals surface area contributed by atoms with E-state index in [1.807, 2.05) is 72.6 Å². The van der Waals surface area contributed by atoms with Gasteiger partial charge in [0.1, 0.15) is 12.1 Å². The molecule has 1 fully saturated rings. The zero-order chi connectivity index (χ0) is 22.6. The normalized spacial score (nSPS) is 13.8. The third-order valence-electron chi connectivity index (χ3n) is 5.60. The van der Waals surface area contributed by atoms with Gasteiger partial charge in [-0.25, -0.2) is 4.98 Å². The maximum absolute atomic E-state index is 12.8. The van der Waals surface area contributed by atoms with Crippen LogP contribution < -0.4 is 15.1 Å². The van der Waals surface area contributed by atoms with Crippen molar-refractivity contribution in [1.29, 1.82) is 0 Å². The molecular formula is C24H25N7O2. The average Bonchev–Trinajstić information content (AvgIpc) is 3.34. The second kappa shape index (κ2) is 9.25. The molecule has 4 aromatic rings. The standard InChI is InChI=1S/C24H25N7O2/c1-29(16-22(32)27-19-7-9-20(10-8-19)30-11-13-33-14-12-30)23-15-21(18-5-3-2-4-6-18)28-24-25-17-26-31(23)24/h2-10,15,17H,11-14,16H2,1H3,(H,27,32). The molecular weight excluding hydrogens is 418 g/mol. The van der Waals surface area contributed by atoms with Gasteiger partial charge in [-0.3, -0.25) is 4.79 Å². The summed E-state index contributed by atoms with van der Waals surface area (Å²) in [5.41, 5.74) is 3.64. The zero-order valence-corrected chi connectivity index (χ0v) is 18.4. The number of nitrogens with zero attached hydrogens (tertiary/aromatic N) is 6. The monoisotopic (exact) mass is 443 g/mol. The fraction of sp³-hybridized carbons (Fsp3) is 0.250. The largest absolute Gasteiger partial charge is 0.378 e. The van der Waals surface area contributed by atoms with E-state index in [1.54, 1.807) is 4.52 Å². The van der Waals surface area contributed by atoms with Crippen LogP contribution in [0.15, 0.2) is 67.0 Å². The molecule has 0 saturated carbocycles. The molecule has 33 heavy (non-hydrogen) atoms. The van der Waals surface area contributed by atoms with Crippen molar-refractivity contribution in [2.45, 2.75) is 0 Å². The second-order valence-corrected chi connectivity index (χ2v) is 7.89. The third-order valence-corrected chi connectivity index (χ3v) is 5.60. The zero-order valence-electron chi connectivity index (χ0n) is 18.4. The highest BCUT2D eigenvalue weighted by Crippen LogP contribution is 2.23. The van der Waals surface area contributed by atoms with Crippen LogP contribution in [0.1, 0.15) is 0 Å². The number of rotatable bonds is 6. The van der Waals surface area contributed by atoms with Gasteiger partial charge in [0.15, 0.2) is 0 Å². The summed E-state index contributed by atoms with van der Waals surface area (Å²) in [5.74, 6) is 1.09. The summed E-state index contributed by atoms with van der Waals surface area (Å²) in [5, 5.41) is 7.25. The Balaban J connectivity index is 1.29. The highest BCUT2D eigenvalue weighted by atomic mass is 16.5. The van der Waals surface area contributed by atoms with E-state index in [1.165, 1.54) is 6.33 Å². The number of morpholine rings is 1. The molecule has 168 valence electrons. The number of nitrogens with one attached hydrogen (secondary N) is 1. The topological polar surface area (TPSA) is 87.9 Å². The van der Waals surface area contributed by atoms with Crippen LogP contribution in [0, 0.1) is 0 Å². The number of carbonyl (C=O) groups excluding carboxylic acids is 1. The van der Waals surface area contributed by atoms with Gasteiger partial charge in [0, 0.05) is 43.1 Å². The Morgan fingerprint density at radius 2 is 1.85 bits per heavy atom. The predicted octanol–water partition coefficient (Wildman–Crippen LogP) is 2.70. The van der Waals surface area contributed by atoms with Crippen molar-refractivity contribution in [1.82, 2.24) is 19.6 Å². The molecule has 9 nitrogen and oxygen atoms in total. The van der Waals surface area contributed by atoms with Crippen molar-refractivity contribution in [3.8, 4) is 11.3 Å². The summed E-state index contributed by atoms with van der Waals surface area (Å²) in [6.07, 6.45) is 1.46. The van der Waals surface area contributed by atoms with E-state index in [0.29, 0.717) is 5.78 Å². The summed E-state index contributed by atoms with van der Waals surface area (Å²) in [7, 11) is 1.85. The van der Waals surface area contributed by atoms with Crippen LogP contribution in [0.4, 0.5) is 17.2 Å². The lowest BCUT2D eigenvalue weighted by Gasteiger charge is -2.29. The Labute approximate surface area is 191 Å². The van der Waals surface area contributed by atoms with E-state index in [-0.39, 0.29) is 12.5 Å². The average molecular weight is 444 g/mol. The third kappa shape index (κ3) is 4.63. The summed E-state index contributed by atoms with van der Waals surface area (Å²) in [4.78, 5) is 25.7. The second-order valence-electron chi connectivity index (χ2n) is 7.89. The van der Waals surface area contributed by atoms with Crippen molar-refractivity contribution in [3.63, 3.8) is 0 Å². The van der Waals surface area contributed by atoms with Gasteiger partial charge < -0.3 is 19.9 Å². The Morgan fingerprint density at radius 3 is 2.61 bits per heavy atom. The summed E-state index contributed by atoms with van der Waals surface area (Å²) < 4.78 is 7.04. The van der Waals surface area contributed by atoms with Crippen LogP contribution in [-0.2, 0) is 9.53 Å². The molecule has 1 aliphatic rings. The van der Waals surface area contributed by atoms with Crippen molar-refractivity contribution in [2.24, 2.45) is 0 Å². The van der Waals surface area contributed by atoms with Crippen molar-refractivity contribution < 1.29 is 9.53 Å². The first-order chi connectivity index (χ1) is 16.2. The highest BCUT2D eigenvalue weighted by molar-refractivity contribution is 5.94. The molecule has 3 heterocycles. The molecule has 0 bridgehead atoms. The molecule has 0 aliphatic carbocycles. The molecule has 1 N–H and O–H groups in total. The van der Waals surface area contributed by atoms with Gasteiger partial charge >= 0.3 is 0 Å². The van der Waals surface area contributed by atoms with E-state index < -0.39 is 0 Å². The summed E-state index contributed by atoms with van der Waals surface area (Å²) >= 11 is 0. The van der Waals surface area contributed by atoms with Gasteiger partial charge in [-0.2, -0.15) is 14.6 Å². The maximum Gasteiger partial charge on any atom is 0.254 e. The van der Waals surface area contributed by atoms with Crippen LogP contribution in [0.2, 0.25) is 0 Å². The molecule has 1 aliphatic heterocycles. The minimum Gasteiger partial charge on any atom is -0.378 e. The lowest BCUT2D eigenvalue weighted by atomic mass is 10.1. The number of carbonyl (C=O) groups is 1. The molecule has 1 amide bonds. The number of anilines is 3. The van der Waals surface area contributed by atoms with Crippen LogP contribution in [-0.4, -0.2) is 65.4 Å². The number of amides is 1. The number of fused-ring (bicyclic) bond motifs is 1. The first-order valence-corrected chi connectivity index (χ1v) is 10.9. The Bertz CT molecular complexity index is 1230. The Kier molecular flexibility index (Phi) is 5.86. The lowest BCUT2D eigenvalue weighted by molar-refractivity contribution is -0.114. The molecule has 0 spiro atoms. The van der Waals surface area contributed by atoms with Gasteiger partial charge in [0.2, 0.25) is 5.91 Å². The minimum absolute atomic E-state index is 0.122. The molecule has 2 aromatic heterocycles. The predicted molar refractivity (Wildman–Crippen MR) is 128 cm³/mol. The molecule has 5 rings (SSSR count). The van der Waals surface area contributed by atoms with Gasteiger partial charge in [0.25, 0.3) is 5.78 Å². The van der Waals surface area contributed by atoms with E-state index in [0.717, 1.165) is 54.8 Å². The van der Waals surface area contributed by atoms with Gasteiger partial charge in [0.05, 0.1) is 25.5 Å². The van der Waals surface area contributed by atoms with Gasteiger partial charge in [-0.15, -0.1) is 0 Å². The lowest BCUT2D eigenvalue weighted by Crippen LogP contribution is -2.36. The number of benzene rings is 2. The number of hydrogen-bond donors (Lipinski definition) is 1. The van der Waals surface area contributed by atoms with Gasteiger partial charge in [-0.1, -0.05) is 30.3 Å². The molecule has 0 radical (unpaired) electrons. The molecule has 9 heteroatoms. The summed E-state index contributed by atoms with van der Waals surface area (Å²) in [6.45, 7) is 3.39. The van der Waals surface area contributed by atoms with E-state index >= 15 is 0 Å². The van der Waals surface area contributed by atoms with Crippen molar-refractivity contribution in [3.05, 3.63) is 67.0 Å². The minimum atomic E-state index is -0.122. The quantitative estimate of drug-likeness (QED) is 0.490. The molecule has 2 aromatic carbocycles. The van der Waals surface area contributed by atoms with E-state index in [4.69, 9.17) is 4.74 Å². The Morgan fingerprint density at radius 1 is 1.09 bits per heavy atom. The number of hydrogen-bond acceptors (Lipinski definition) is 7. The number of aromatic nitrogens is 4. The maximum atomic E-state index is 12.8. The van der Waals surface area contributed by atoms with Crippen LogP contribution in [0.5, 0.6) is 0 Å². The highest BCUT2D eigenvalue weighted by Gasteiger charge is 2.16. The number of ether oxygens (including phenoxy) is 1. The van der Waals surface area contributed by atoms with Crippen LogP contribution >= 0.6 is 0 Å². The Hall–Kier alpha value is -3.98. The SMILES string of the molecule is CN(CC(=O)Nc1ccc(N2CCOCC2)cc1)c1cc(-c2ccccc2)nc2ncnn12. The van der Waals surface area contributed by atoms with Crippen molar-refractivity contribution in [2.75, 3.05) is 55.0 Å². The van der Waals surface area contributed by atoms with Crippen LogP contribution in [0.25, 0.3) is 17.0 Å². The fourth-order valence-corrected chi connectivity index (χ4v) is 3.90. The van der Waals surface area contributed by atoms with E-state index in [9.17, 15) is 4.79 Å². The van der Waals surface area contributed by atoms with E-state index in [2.05, 4.69) is 25.3 Å². The van der Waals surface area contributed by atoms with Crippen molar-refractivity contribution >= 4 is 28.9 Å². The molecule has 0 atom stereocenters. The first kappa shape index (κ1) is 20.9. The smallest absolute Gasteiger partial charge is 0.254 e. The van der Waals surface area contributed by atoms with Gasteiger partial charge in [-0.05, 0) is 24.3 Å².